The number of aromatic hydroxyl groups is 1. The molecule has 0 fully saturated rings. The summed E-state index contributed by atoms with van der Waals surface area (Å²) in [6, 6.07) is 5.85. The number of rotatable bonds is 6. The molecule has 100 valence electrons. The van der Waals surface area contributed by atoms with Crippen molar-refractivity contribution in [3.05, 3.63) is 29.8 Å². The number of methoxy groups -OCH3 is 1. The molecule has 5 nitrogen and oxygen atoms in total. The normalized spacial score (nSPS) is 13.9. The Labute approximate surface area is 107 Å². The van der Waals surface area contributed by atoms with Crippen LogP contribution in [-0.4, -0.2) is 36.9 Å². The lowest BCUT2D eigenvalue weighted by Gasteiger charge is -2.16. The highest BCUT2D eigenvalue weighted by Crippen LogP contribution is 2.11. The van der Waals surface area contributed by atoms with Crippen molar-refractivity contribution < 1.29 is 19.4 Å². The number of ether oxygens (including phenoxy) is 2. The first-order valence-electron chi connectivity index (χ1n) is 5.76. The van der Waals surface area contributed by atoms with Gasteiger partial charge in [-0.1, -0.05) is 12.1 Å². The standard InChI is InChI=1S/C13H19NO4/c1-9(8-17-2)18-13(16)12(14)7-10-3-5-11(15)6-4-10/h3-6,9,12,15H,7-8,14H2,1-2H3. The van der Waals surface area contributed by atoms with Crippen LogP contribution in [0.25, 0.3) is 0 Å². The van der Waals surface area contributed by atoms with Crippen LogP contribution in [0.1, 0.15) is 12.5 Å². The number of esters is 1. The molecule has 5 heteroatoms. The van der Waals surface area contributed by atoms with Crippen molar-refractivity contribution in [2.24, 2.45) is 5.73 Å². The van der Waals surface area contributed by atoms with Gasteiger partial charge in [-0.25, -0.2) is 0 Å². The number of carbonyl (C=O) groups is 1. The van der Waals surface area contributed by atoms with Gasteiger partial charge in [-0.3, -0.25) is 4.79 Å². The van der Waals surface area contributed by atoms with Crippen LogP contribution < -0.4 is 5.73 Å². The lowest BCUT2D eigenvalue weighted by molar-refractivity contribution is -0.152. The summed E-state index contributed by atoms with van der Waals surface area (Å²) in [4.78, 5) is 11.6. The van der Waals surface area contributed by atoms with Crippen LogP contribution in [0.15, 0.2) is 24.3 Å². The first kappa shape index (κ1) is 14.5. The van der Waals surface area contributed by atoms with Crippen LogP contribution in [0.2, 0.25) is 0 Å². The minimum Gasteiger partial charge on any atom is -0.508 e. The Bertz CT molecular complexity index is 377. The van der Waals surface area contributed by atoms with Crippen molar-refractivity contribution in [2.75, 3.05) is 13.7 Å². The van der Waals surface area contributed by atoms with E-state index in [0.29, 0.717) is 13.0 Å². The van der Waals surface area contributed by atoms with Gasteiger partial charge >= 0.3 is 5.97 Å². The van der Waals surface area contributed by atoms with Crippen molar-refractivity contribution in [1.82, 2.24) is 0 Å². The highest BCUT2D eigenvalue weighted by molar-refractivity contribution is 5.76. The summed E-state index contributed by atoms with van der Waals surface area (Å²) in [6.45, 7) is 2.09. The third kappa shape index (κ3) is 4.73. The summed E-state index contributed by atoms with van der Waals surface area (Å²) in [5.74, 6) is -0.267. The molecule has 18 heavy (non-hydrogen) atoms. The van der Waals surface area contributed by atoms with E-state index in [2.05, 4.69) is 0 Å². The van der Waals surface area contributed by atoms with Crippen molar-refractivity contribution in [1.29, 1.82) is 0 Å². The molecule has 1 aromatic carbocycles. The molecule has 0 saturated heterocycles. The third-order valence-corrected chi connectivity index (χ3v) is 2.41. The Morgan fingerprint density at radius 1 is 1.39 bits per heavy atom. The highest BCUT2D eigenvalue weighted by atomic mass is 16.6. The van der Waals surface area contributed by atoms with Gasteiger partial charge in [0.15, 0.2) is 0 Å². The molecule has 0 saturated carbocycles. The molecule has 3 N–H and O–H groups in total. The van der Waals surface area contributed by atoms with Crippen LogP contribution in [0.4, 0.5) is 0 Å². The van der Waals surface area contributed by atoms with Crippen LogP contribution in [0, 0.1) is 0 Å². The van der Waals surface area contributed by atoms with Crippen molar-refractivity contribution in [2.45, 2.75) is 25.5 Å². The minimum absolute atomic E-state index is 0.184. The van der Waals surface area contributed by atoms with E-state index in [0.717, 1.165) is 5.56 Å². The van der Waals surface area contributed by atoms with Gasteiger partial charge in [0.2, 0.25) is 0 Å². The van der Waals surface area contributed by atoms with Gasteiger partial charge in [0.25, 0.3) is 0 Å². The van der Waals surface area contributed by atoms with E-state index in [-0.39, 0.29) is 11.9 Å². The second-order valence-electron chi connectivity index (χ2n) is 4.18. The molecule has 0 radical (unpaired) electrons. The summed E-state index contributed by atoms with van der Waals surface area (Å²) in [5.41, 5.74) is 6.63. The predicted molar refractivity (Wildman–Crippen MR) is 67.2 cm³/mol. The maximum absolute atomic E-state index is 11.6. The highest BCUT2D eigenvalue weighted by Gasteiger charge is 2.18. The molecule has 0 aliphatic carbocycles. The molecule has 1 rings (SSSR count). The second kappa shape index (κ2) is 6.98. The monoisotopic (exact) mass is 253 g/mol. The molecular weight excluding hydrogens is 234 g/mol. The van der Waals surface area contributed by atoms with Crippen LogP contribution in [-0.2, 0) is 20.7 Å². The maximum atomic E-state index is 11.6. The van der Waals surface area contributed by atoms with Gasteiger partial charge in [-0.05, 0) is 31.0 Å². The minimum atomic E-state index is -0.714. The lowest BCUT2D eigenvalue weighted by Crippen LogP contribution is -2.37. The summed E-state index contributed by atoms with van der Waals surface area (Å²) in [7, 11) is 1.54. The van der Waals surface area contributed by atoms with E-state index in [1.807, 2.05) is 0 Å². The number of carbonyl (C=O) groups excluding carboxylic acids is 1. The molecule has 0 aromatic heterocycles. The lowest BCUT2D eigenvalue weighted by atomic mass is 10.1. The maximum Gasteiger partial charge on any atom is 0.323 e. The Hall–Kier alpha value is -1.59. The Balaban J connectivity index is 2.46. The average Bonchev–Trinajstić information content (AvgIpc) is 2.32. The molecule has 0 aliphatic rings. The molecule has 2 unspecified atom stereocenters. The molecular formula is C13H19NO4. The van der Waals surface area contributed by atoms with E-state index in [4.69, 9.17) is 20.3 Å². The molecule has 0 spiro atoms. The van der Waals surface area contributed by atoms with E-state index >= 15 is 0 Å². The fraction of sp³-hybridized carbons (Fsp3) is 0.462. The molecule has 0 bridgehead atoms. The number of phenolic OH excluding ortho intramolecular Hbond substituents is 1. The molecule has 0 aliphatic heterocycles. The summed E-state index contributed by atoms with van der Waals surface area (Å²) in [6.07, 6.45) is 0.0621. The van der Waals surface area contributed by atoms with Gasteiger partial charge in [0, 0.05) is 7.11 Å². The fourth-order valence-electron chi connectivity index (χ4n) is 1.52. The molecule has 0 heterocycles. The first-order valence-corrected chi connectivity index (χ1v) is 5.76. The van der Waals surface area contributed by atoms with Gasteiger partial charge in [0.1, 0.15) is 17.9 Å². The molecule has 1 aromatic rings. The summed E-state index contributed by atoms with van der Waals surface area (Å²) in [5, 5.41) is 9.14. The van der Waals surface area contributed by atoms with Gasteiger partial charge < -0.3 is 20.3 Å². The van der Waals surface area contributed by atoms with Crippen molar-refractivity contribution >= 4 is 5.97 Å². The van der Waals surface area contributed by atoms with Crippen molar-refractivity contribution in [3.63, 3.8) is 0 Å². The van der Waals surface area contributed by atoms with E-state index in [1.54, 1.807) is 38.3 Å². The number of phenols is 1. The third-order valence-electron chi connectivity index (χ3n) is 2.41. The zero-order valence-corrected chi connectivity index (χ0v) is 10.6. The average molecular weight is 253 g/mol. The number of nitrogens with two attached hydrogens (primary N) is 1. The Morgan fingerprint density at radius 2 is 2.00 bits per heavy atom. The van der Waals surface area contributed by atoms with Crippen LogP contribution in [0.3, 0.4) is 0 Å². The smallest absolute Gasteiger partial charge is 0.323 e. The molecule has 0 amide bonds. The first-order chi connectivity index (χ1) is 8.52. The van der Waals surface area contributed by atoms with Crippen LogP contribution >= 0.6 is 0 Å². The Morgan fingerprint density at radius 3 is 2.56 bits per heavy atom. The number of benzene rings is 1. The van der Waals surface area contributed by atoms with E-state index < -0.39 is 12.0 Å². The zero-order chi connectivity index (χ0) is 13.5. The SMILES string of the molecule is COCC(C)OC(=O)C(N)Cc1ccc(O)cc1. The zero-order valence-electron chi connectivity index (χ0n) is 10.6. The molecule has 2 atom stereocenters. The van der Waals surface area contributed by atoms with Gasteiger partial charge in [0.05, 0.1) is 6.61 Å². The van der Waals surface area contributed by atoms with E-state index in [1.165, 1.54) is 0 Å². The number of hydrogen-bond acceptors (Lipinski definition) is 5. The quantitative estimate of drug-likeness (QED) is 0.734. The number of hydrogen-bond donors (Lipinski definition) is 2. The van der Waals surface area contributed by atoms with Crippen molar-refractivity contribution in [3.8, 4) is 5.75 Å². The summed E-state index contributed by atoms with van der Waals surface area (Å²) < 4.78 is 9.98. The van der Waals surface area contributed by atoms with Gasteiger partial charge in [-0.15, -0.1) is 0 Å². The van der Waals surface area contributed by atoms with Gasteiger partial charge in [-0.2, -0.15) is 0 Å². The predicted octanol–water partition coefficient (Wildman–Crippen LogP) is 0.840. The van der Waals surface area contributed by atoms with Crippen LogP contribution in [0.5, 0.6) is 5.75 Å². The van der Waals surface area contributed by atoms with E-state index in [9.17, 15) is 4.79 Å². The Kier molecular flexibility index (Phi) is 5.61. The second-order valence-corrected chi connectivity index (χ2v) is 4.18. The topological polar surface area (TPSA) is 81.8 Å². The largest absolute Gasteiger partial charge is 0.508 e. The summed E-state index contributed by atoms with van der Waals surface area (Å²) >= 11 is 0. The fourth-order valence-corrected chi connectivity index (χ4v) is 1.52.